The zero-order valence-corrected chi connectivity index (χ0v) is 14.4. The lowest BCUT2D eigenvalue weighted by atomic mass is 10.0. The number of rotatable bonds is 5. The number of aliphatic hydroxyl groups is 1. The molecule has 1 heterocycles. The lowest BCUT2D eigenvalue weighted by Gasteiger charge is -2.23. The molecule has 0 amide bonds. The highest BCUT2D eigenvalue weighted by Crippen LogP contribution is 2.37. The molecule has 1 aromatic rings. The molecule has 24 heavy (non-hydrogen) atoms. The van der Waals surface area contributed by atoms with E-state index in [9.17, 15) is 9.90 Å². The summed E-state index contributed by atoms with van der Waals surface area (Å²) in [6.07, 6.45) is 0.725. The maximum atomic E-state index is 10.5. The van der Waals surface area contributed by atoms with Gasteiger partial charge in [0.05, 0.1) is 10.0 Å². The number of carboxylic acids is 1. The average Bonchev–Trinajstić information content (AvgIpc) is 2.50. The summed E-state index contributed by atoms with van der Waals surface area (Å²) in [6.45, 7) is 3.34. The predicted molar refractivity (Wildman–Crippen MR) is 89.7 cm³/mol. The molecule has 1 atom stereocenters. The summed E-state index contributed by atoms with van der Waals surface area (Å²) in [5.74, 6) is -0.490. The summed E-state index contributed by atoms with van der Waals surface area (Å²) in [5, 5.41) is 22.6. The van der Waals surface area contributed by atoms with Gasteiger partial charge in [0, 0.05) is 18.2 Å². The molecular formula is C15H16Cl2N2O5. The molecule has 0 bridgehead atoms. The van der Waals surface area contributed by atoms with Crippen LogP contribution in [0.1, 0.15) is 13.8 Å². The number of nitrogens with one attached hydrogen (secondary N) is 1. The minimum absolute atomic E-state index is 0.0827. The van der Waals surface area contributed by atoms with Crippen molar-refractivity contribution in [1.29, 1.82) is 0 Å². The van der Waals surface area contributed by atoms with Gasteiger partial charge in [0.15, 0.2) is 18.6 Å². The van der Waals surface area contributed by atoms with Crippen LogP contribution in [0.2, 0.25) is 10.0 Å². The van der Waals surface area contributed by atoms with Gasteiger partial charge in [-0.15, -0.1) is 5.10 Å². The first-order valence-corrected chi connectivity index (χ1v) is 7.77. The average molecular weight is 375 g/mol. The number of aliphatic carboxylic acids is 1. The molecule has 0 saturated carbocycles. The number of hydrazone groups is 1. The Morgan fingerprint density at radius 1 is 1.38 bits per heavy atom. The van der Waals surface area contributed by atoms with E-state index >= 15 is 0 Å². The second kappa shape index (κ2) is 7.74. The third-order valence-electron chi connectivity index (χ3n) is 3.11. The fraction of sp³-hybridized carbons (Fsp3) is 0.333. The van der Waals surface area contributed by atoms with Crippen molar-refractivity contribution >= 4 is 35.1 Å². The Balaban J connectivity index is 2.20. The Hall–Kier alpha value is -1.96. The van der Waals surface area contributed by atoms with Crippen molar-refractivity contribution in [3.8, 4) is 11.5 Å². The number of ether oxygens (including phenoxy) is 2. The quantitative estimate of drug-likeness (QED) is 0.732. The van der Waals surface area contributed by atoms with E-state index in [1.165, 1.54) is 12.1 Å². The van der Waals surface area contributed by atoms with Crippen LogP contribution in [-0.4, -0.2) is 34.9 Å². The molecule has 0 saturated heterocycles. The molecule has 1 unspecified atom stereocenters. The van der Waals surface area contributed by atoms with Gasteiger partial charge < -0.3 is 19.7 Å². The highest BCUT2D eigenvalue weighted by molar-refractivity contribution is 6.37. The van der Waals surface area contributed by atoms with E-state index in [2.05, 4.69) is 10.5 Å². The summed E-state index contributed by atoms with van der Waals surface area (Å²) >= 11 is 12.2. The number of aliphatic hydroxyl groups excluding tert-OH is 1. The first-order valence-electron chi connectivity index (χ1n) is 7.02. The molecular weight excluding hydrogens is 359 g/mol. The van der Waals surface area contributed by atoms with E-state index in [4.69, 9.17) is 37.8 Å². The minimum atomic E-state index is -1.12. The molecule has 130 valence electrons. The SMILES string of the molecule is CC(C)C1=CC(Oc2c(Cl)cc(OCC(=O)O)cc2Cl)=NNC1O. The second-order valence-corrected chi connectivity index (χ2v) is 6.10. The van der Waals surface area contributed by atoms with Gasteiger partial charge in [-0.3, -0.25) is 5.43 Å². The molecule has 0 spiro atoms. The summed E-state index contributed by atoms with van der Waals surface area (Å²) in [4.78, 5) is 10.5. The van der Waals surface area contributed by atoms with Crippen LogP contribution in [0.15, 0.2) is 28.9 Å². The first-order chi connectivity index (χ1) is 11.3. The van der Waals surface area contributed by atoms with E-state index in [-0.39, 0.29) is 33.4 Å². The van der Waals surface area contributed by atoms with Crippen molar-refractivity contribution in [3.63, 3.8) is 0 Å². The number of hydrogen-bond donors (Lipinski definition) is 3. The fourth-order valence-electron chi connectivity index (χ4n) is 1.95. The monoisotopic (exact) mass is 374 g/mol. The molecule has 0 fully saturated rings. The normalized spacial score (nSPS) is 17.0. The Morgan fingerprint density at radius 3 is 2.54 bits per heavy atom. The zero-order chi connectivity index (χ0) is 17.9. The van der Waals surface area contributed by atoms with Crippen molar-refractivity contribution in [2.24, 2.45) is 11.0 Å². The standard InChI is InChI=1S/C15H16Cl2N2O5/c1-7(2)9-5-12(18-19-15(9)22)24-14-10(16)3-8(4-11(14)17)23-6-13(20)21/h3-5,7,15,19,22H,6H2,1-2H3,(H,20,21). The Kier molecular flexibility index (Phi) is 5.93. The van der Waals surface area contributed by atoms with Gasteiger partial charge in [0.25, 0.3) is 0 Å². The maximum absolute atomic E-state index is 10.5. The van der Waals surface area contributed by atoms with E-state index in [1.807, 2.05) is 13.8 Å². The number of nitrogens with zero attached hydrogens (tertiary/aromatic N) is 1. The van der Waals surface area contributed by atoms with Gasteiger partial charge in [-0.25, -0.2) is 4.79 Å². The fourth-order valence-corrected chi connectivity index (χ4v) is 2.50. The Morgan fingerprint density at radius 2 is 2.00 bits per heavy atom. The van der Waals surface area contributed by atoms with Crippen molar-refractivity contribution in [3.05, 3.63) is 33.8 Å². The van der Waals surface area contributed by atoms with Gasteiger partial charge in [-0.05, 0) is 11.5 Å². The van der Waals surface area contributed by atoms with Gasteiger partial charge in [-0.1, -0.05) is 37.0 Å². The molecule has 0 aromatic heterocycles. The van der Waals surface area contributed by atoms with Crippen LogP contribution < -0.4 is 14.9 Å². The van der Waals surface area contributed by atoms with Crippen LogP contribution in [0.5, 0.6) is 11.5 Å². The van der Waals surface area contributed by atoms with E-state index in [0.29, 0.717) is 5.57 Å². The van der Waals surface area contributed by atoms with Crippen LogP contribution >= 0.6 is 23.2 Å². The molecule has 3 N–H and O–H groups in total. The first kappa shape index (κ1) is 18.4. The molecule has 9 heteroatoms. The molecule has 7 nitrogen and oxygen atoms in total. The molecule has 1 aliphatic heterocycles. The van der Waals surface area contributed by atoms with Gasteiger partial charge >= 0.3 is 5.97 Å². The van der Waals surface area contributed by atoms with Gasteiger partial charge in [0.2, 0.25) is 5.90 Å². The topological polar surface area (TPSA) is 100 Å². The number of hydrogen-bond acceptors (Lipinski definition) is 6. The summed E-state index contributed by atoms with van der Waals surface area (Å²) in [5.41, 5.74) is 3.24. The van der Waals surface area contributed by atoms with Crippen LogP contribution in [0.4, 0.5) is 0 Å². The smallest absolute Gasteiger partial charge is 0.341 e. The lowest BCUT2D eigenvalue weighted by Crippen LogP contribution is -2.34. The largest absolute Gasteiger partial charge is 0.482 e. The van der Waals surface area contributed by atoms with Crippen molar-refractivity contribution in [1.82, 2.24) is 5.43 Å². The van der Waals surface area contributed by atoms with Crippen LogP contribution in [0.25, 0.3) is 0 Å². The second-order valence-electron chi connectivity index (χ2n) is 5.28. The van der Waals surface area contributed by atoms with Crippen molar-refractivity contribution < 1.29 is 24.5 Å². The van der Waals surface area contributed by atoms with Crippen LogP contribution in [-0.2, 0) is 4.79 Å². The van der Waals surface area contributed by atoms with Gasteiger partial charge in [0.1, 0.15) is 5.75 Å². The Labute approximate surface area is 148 Å². The maximum Gasteiger partial charge on any atom is 0.341 e. The number of halogens is 2. The van der Waals surface area contributed by atoms with E-state index in [1.54, 1.807) is 6.08 Å². The lowest BCUT2D eigenvalue weighted by molar-refractivity contribution is -0.139. The highest BCUT2D eigenvalue weighted by Gasteiger charge is 2.21. The zero-order valence-electron chi connectivity index (χ0n) is 12.9. The minimum Gasteiger partial charge on any atom is -0.482 e. The predicted octanol–water partition coefficient (Wildman–Crippen LogP) is 2.65. The van der Waals surface area contributed by atoms with Crippen LogP contribution in [0.3, 0.4) is 0 Å². The molecule has 0 radical (unpaired) electrons. The highest BCUT2D eigenvalue weighted by atomic mass is 35.5. The summed E-state index contributed by atoms with van der Waals surface area (Å²) < 4.78 is 10.6. The molecule has 1 aromatic carbocycles. The number of carboxylic acid groups (broad SMARTS) is 1. The van der Waals surface area contributed by atoms with Crippen molar-refractivity contribution in [2.45, 2.75) is 20.1 Å². The van der Waals surface area contributed by atoms with E-state index in [0.717, 1.165) is 0 Å². The third kappa shape index (κ3) is 4.53. The van der Waals surface area contributed by atoms with Crippen molar-refractivity contribution in [2.75, 3.05) is 6.61 Å². The number of benzene rings is 1. The number of carbonyl (C=O) groups is 1. The van der Waals surface area contributed by atoms with Crippen LogP contribution in [0, 0.1) is 5.92 Å². The van der Waals surface area contributed by atoms with Gasteiger partial charge in [-0.2, -0.15) is 0 Å². The third-order valence-corrected chi connectivity index (χ3v) is 3.67. The van der Waals surface area contributed by atoms with E-state index < -0.39 is 18.8 Å². The summed E-state index contributed by atoms with van der Waals surface area (Å²) in [6, 6.07) is 2.79. The molecule has 2 rings (SSSR count). The summed E-state index contributed by atoms with van der Waals surface area (Å²) in [7, 11) is 0. The Bertz CT molecular complexity index is 680. The molecule has 0 aliphatic carbocycles. The molecule has 1 aliphatic rings.